The van der Waals surface area contributed by atoms with Crippen molar-refractivity contribution in [1.29, 1.82) is 0 Å². The van der Waals surface area contributed by atoms with Crippen molar-refractivity contribution in [3.63, 3.8) is 0 Å². The van der Waals surface area contributed by atoms with Crippen LogP contribution in [0.1, 0.15) is 22.8 Å². The molecule has 0 aliphatic rings. The molecule has 2 aromatic carbocycles. The molecule has 0 atom stereocenters. The van der Waals surface area contributed by atoms with Gasteiger partial charge in [0.25, 0.3) is 5.91 Å². The highest BCUT2D eigenvalue weighted by atomic mass is 35.5. The second-order valence-electron chi connectivity index (χ2n) is 4.59. The van der Waals surface area contributed by atoms with Crippen LogP contribution in [-0.4, -0.2) is 19.1 Å². The lowest BCUT2D eigenvalue weighted by Gasteiger charge is -2.07. The monoisotopic (exact) mass is 303 g/mol. The summed E-state index contributed by atoms with van der Waals surface area (Å²) in [5, 5.41) is 3.62. The Kier molecular flexibility index (Phi) is 5.64. The number of hydrogen-bond donors (Lipinski definition) is 1. The van der Waals surface area contributed by atoms with Crippen molar-refractivity contribution in [2.24, 2.45) is 0 Å². The van der Waals surface area contributed by atoms with Crippen LogP contribution >= 0.6 is 11.6 Å². The van der Waals surface area contributed by atoms with Crippen LogP contribution in [0.3, 0.4) is 0 Å². The van der Waals surface area contributed by atoms with Gasteiger partial charge in [0, 0.05) is 17.1 Å². The van der Waals surface area contributed by atoms with Crippen molar-refractivity contribution in [2.75, 3.05) is 13.2 Å². The zero-order valence-corrected chi connectivity index (χ0v) is 12.7. The third-order valence-corrected chi connectivity index (χ3v) is 3.29. The van der Waals surface area contributed by atoms with Crippen molar-refractivity contribution in [1.82, 2.24) is 5.32 Å². The first-order valence-corrected chi connectivity index (χ1v) is 7.32. The molecule has 4 heteroatoms. The van der Waals surface area contributed by atoms with Gasteiger partial charge in [-0.25, -0.2) is 0 Å². The first-order valence-electron chi connectivity index (χ1n) is 6.94. The molecule has 0 unspecified atom stereocenters. The first kappa shape index (κ1) is 15.4. The number of carbonyl (C=O) groups excluding carboxylic acids is 1. The van der Waals surface area contributed by atoms with Gasteiger partial charge in [-0.15, -0.1) is 0 Å². The largest absolute Gasteiger partial charge is 0.494 e. The quantitative estimate of drug-likeness (QED) is 0.883. The Morgan fingerprint density at radius 1 is 1.10 bits per heavy atom. The molecule has 0 fully saturated rings. The van der Waals surface area contributed by atoms with Crippen molar-refractivity contribution in [3.8, 4) is 5.75 Å². The molecule has 0 saturated heterocycles. The van der Waals surface area contributed by atoms with E-state index in [9.17, 15) is 4.79 Å². The summed E-state index contributed by atoms with van der Waals surface area (Å²) in [6, 6.07) is 14.8. The van der Waals surface area contributed by atoms with Crippen molar-refractivity contribution in [2.45, 2.75) is 13.3 Å². The number of carbonyl (C=O) groups is 1. The Hall–Kier alpha value is -2.00. The van der Waals surface area contributed by atoms with Gasteiger partial charge in [-0.2, -0.15) is 0 Å². The van der Waals surface area contributed by atoms with E-state index in [0.29, 0.717) is 18.7 Å². The normalized spacial score (nSPS) is 10.2. The SMILES string of the molecule is CCOc1ccc(C(=O)NCCc2ccc(Cl)cc2)cc1. The van der Waals surface area contributed by atoms with Crippen LogP contribution < -0.4 is 10.1 Å². The lowest BCUT2D eigenvalue weighted by Crippen LogP contribution is -2.25. The fourth-order valence-electron chi connectivity index (χ4n) is 1.94. The van der Waals surface area contributed by atoms with E-state index < -0.39 is 0 Å². The molecule has 110 valence electrons. The number of amides is 1. The zero-order valence-electron chi connectivity index (χ0n) is 11.9. The molecule has 0 radical (unpaired) electrons. The van der Waals surface area contributed by atoms with Gasteiger partial charge in [0.05, 0.1) is 6.61 Å². The second-order valence-corrected chi connectivity index (χ2v) is 5.03. The van der Waals surface area contributed by atoms with Crippen LogP contribution in [0.4, 0.5) is 0 Å². The molecule has 0 aliphatic heterocycles. The number of ether oxygens (including phenoxy) is 1. The fourth-order valence-corrected chi connectivity index (χ4v) is 2.07. The number of rotatable bonds is 6. The fraction of sp³-hybridized carbons (Fsp3) is 0.235. The second kappa shape index (κ2) is 7.70. The van der Waals surface area contributed by atoms with E-state index in [1.807, 2.05) is 31.2 Å². The average molecular weight is 304 g/mol. The molecule has 1 amide bonds. The Balaban J connectivity index is 1.82. The topological polar surface area (TPSA) is 38.3 Å². The summed E-state index contributed by atoms with van der Waals surface area (Å²) in [5.41, 5.74) is 1.78. The van der Waals surface area contributed by atoms with Crippen molar-refractivity contribution < 1.29 is 9.53 Å². The van der Waals surface area contributed by atoms with E-state index in [4.69, 9.17) is 16.3 Å². The summed E-state index contributed by atoms with van der Waals surface area (Å²) in [6.07, 6.45) is 0.778. The summed E-state index contributed by atoms with van der Waals surface area (Å²) in [7, 11) is 0. The van der Waals surface area contributed by atoms with Gasteiger partial charge in [-0.1, -0.05) is 23.7 Å². The summed E-state index contributed by atoms with van der Waals surface area (Å²) < 4.78 is 5.35. The Labute approximate surface area is 129 Å². The van der Waals surface area contributed by atoms with E-state index in [0.717, 1.165) is 22.8 Å². The van der Waals surface area contributed by atoms with Crippen LogP contribution in [0.15, 0.2) is 48.5 Å². The maximum atomic E-state index is 12.0. The molecule has 0 saturated carbocycles. The molecular weight excluding hydrogens is 286 g/mol. The van der Waals surface area contributed by atoms with Crippen molar-refractivity contribution in [3.05, 3.63) is 64.7 Å². The van der Waals surface area contributed by atoms with Gasteiger partial charge in [0.2, 0.25) is 0 Å². The Bertz CT molecular complexity index is 579. The van der Waals surface area contributed by atoms with Gasteiger partial charge < -0.3 is 10.1 Å². The third kappa shape index (κ3) is 4.80. The van der Waals surface area contributed by atoms with Gasteiger partial charge in [0.1, 0.15) is 5.75 Å². The summed E-state index contributed by atoms with van der Waals surface area (Å²) >= 11 is 5.83. The third-order valence-electron chi connectivity index (χ3n) is 3.04. The van der Waals surface area contributed by atoms with Crippen LogP contribution in [0.5, 0.6) is 5.75 Å². The van der Waals surface area contributed by atoms with E-state index in [1.165, 1.54) is 0 Å². The molecule has 0 heterocycles. The van der Waals surface area contributed by atoms with E-state index >= 15 is 0 Å². The molecule has 3 nitrogen and oxygen atoms in total. The van der Waals surface area contributed by atoms with Gasteiger partial charge >= 0.3 is 0 Å². The Morgan fingerprint density at radius 2 is 1.76 bits per heavy atom. The molecule has 21 heavy (non-hydrogen) atoms. The number of benzene rings is 2. The minimum atomic E-state index is -0.0768. The molecule has 0 aliphatic carbocycles. The predicted molar refractivity (Wildman–Crippen MR) is 85.1 cm³/mol. The minimum absolute atomic E-state index is 0.0768. The van der Waals surface area contributed by atoms with Crippen LogP contribution in [0.2, 0.25) is 5.02 Å². The minimum Gasteiger partial charge on any atom is -0.494 e. The van der Waals surface area contributed by atoms with Crippen LogP contribution in [0.25, 0.3) is 0 Å². The predicted octanol–water partition coefficient (Wildman–Crippen LogP) is 3.71. The number of hydrogen-bond acceptors (Lipinski definition) is 2. The smallest absolute Gasteiger partial charge is 0.251 e. The number of nitrogens with one attached hydrogen (secondary N) is 1. The van der Waals surface area contributed by atoms with E-state index in [2.05, 4.69) is 5.32 Å². The van der Waals surface area contributed by atoms with E-state index in [1.54, 1.807) is 24.3 Å². The van der Waals surface area contributed by atoms with Gasteiger partial charge in [-0.3, -0.25) is 4.79 Å². The lowest BCUT2D eigenvalue weighted by molar-refractivity contribution is 0.0954. The molecule has 2 rings (SSSR count). The molecule has 0 bridgehead atoms. The highest BCUT2D eigenvalue weighted by Gasteiger charge is 2.05. The first-order chi connectivity index (χ1) is 10.2. The summed E-state index contributed by atoms with van der Waals surface area (Å²) in [6.45, 7) is 3.14. The summed E-state index contributed by atoms with van der Waals surface area (Å²) in [4.78, 5) is 12.0. The maximum Gasteiger partial charge on any atom is 0.251 e. The lowest BCUT2D eigenvalue weighted by atomic mass is 10.1. The highest BCUT2D eigenvalue weighted by molar-refractivity contribution is 6.30. The van der Waals surface area contributed by atoms with Crippen molar-refractivity contribution >= 4 is 17.5 Å². The zero-order chi connectivity index (χ0) is 15.1. The Morgan fingerprint density at radius 3 is 2.38 bits per heavy atom. The average Bonchev–Trinajstić information content (AvgIpc) is 2.50. The molecule has 2 aromatic rings. The molecular formula is C17H18ClNO2. The van der Waals surface area contributed by atoms with Gasteiger partial charge in [0.15, 0.2) is 0 Å². The van der Waals surface area contributed by atoms with Crippen LogP contribution in [-0.2, 0) is 6.42 Å². The van der Waals surface area contributed by atoms with Crippen LogP contribution in [0, 0.1) is 0 Å². The molecule has 0 aromatic heterocycles. The number of halogens is 1. The molecule has 1 N–H and O–H groups in total. The summed E-state index contributed by atoms with van der Waals surface area (Å²) in [5.74, 6) is 0.697. The highest BCUT2D eigenvalue weighted by Crippen LogP contribution is 2.12. The standard InChI is InChI=1S/C17H18ClNO2/c1-2-21-16-9-5-14(6-10-16)17(20)19-12-11-13-3-7-15(18)8-4-13/h3-10H,2,11-12H2,1H3,(H,19,20). The maximum absolute atomic E-state index is 12.0. The van der Waals surface area contributed by atoms with E-state index in [-0.39, 0.29) is 5.91 Å². The van der Waals surface area contributed by atoms with Gasteiger partial charge in [-0.05, 0) is 55.3 Å². The molecule has 0 spiro atoms.